The number of rotatable bonds is 6. The predicted octanol–water partition coefficient (Wildman–Crippen LogP) is 6.65. The van der Waals surface area contributed by atoms with Gasteiger partial charge in [0.15, 0.2) is 0 Å². The van der Waals surface area contributed by atoms with Crippen LogP contribution in [0.3, 0.4) is 0 Å². The second kappa shape index (κ2) is 15.8. The van der Waals surface area contributed by atoms with Crippen molar-refractivity contribution in [2.75, 3.05) is 32.1 Å². The van der Waals surface area contributed by atoms with Crippen LogP contribution in [0, 0.1) is 0 Å². The summed E-state index contributed by atoms with van der Waals surface area (Å²) in [5.74, 6) is 0. The first-order chi connectivity index (χ1) is 15.7. The highest BCUT2D eigenvalue weighted by molar-refractivity contribution is 6.14. The number of nitrogens with zero attached hydrogens (tertiary/aromatic N) is 1. The van der Waals surface area contributed by atoms with Crippen molar-refractivity contribution in [2.45, 2.75) is 41.0 Å². The zero-order valence-electron chi connectivity index (χ0n) is 20.7. The Kier molecular flexibility index (Phi) is 13.4. The lowest BCUT2D eigenvalue weighted by molar-refractivity contribution is -0.523. The molecule has 0 unspecified atom stereocenters. The van der Waals surface area contributed by atoms with E-state index in [4.69, 9.17) is 5.11 Å². The molecule has 0 radical (unpaired) electrons. The minimum absolute atomic E-state index is 0.945. The molecule has 2 aromatic rings. The number of benzene rings is 2. The van der Waals surface area contributed by atoms with Crippen molar-refractivity contribution in [3.63, 3.8) is 0 Å². The lowest BCUT2D eigenvalue weighted by Gasteiger charge is -2.16. The Bertz CT molecular complexity index is 914. The Morgan fingerprint density at radius 2 is 1.47 bits per heavy atom. The molecule has 0 aliphatic heterocycles. The van der Waals surface area contributed by atoms with Gasteiger partial charge < -0.3 is 10.4 Å². The normalized spacial score (nSPS) is 14.8. The van der Waals surface area contributed by atoms with Crippen LogP contribution in [0.2, 0.25) is 0 Å². The fourth-order valence-corrected chi connectivity index (χ4v) is 3.51. The number of nitrogens with one attached hydrogen (secondary N) is 1. The molecule has 2 N–H and O–H groups in total. The van der Waals surface area contributed by atoms with Crippen LogP contribution in [0.25, 0.3) is 11.6 Å². The molecule has 0 fully saturated rings. The van der Waals surface area contributed by atoms with Crippen LogP contribution >= 0.6 is 0 Å². The summed E-state index contributed by atoms with van der Waals surface area (Å²) in [6.45, 7) is 13.7. The van der Waals surface area contributed by atoms with E-state index in [9.17, 15) is 0 Å². The molecule has 0 spiro atoms. The maximum atomic E-state index is 7.00. The van der Waals surface area contributed by atoms with Crippen molar-refractivity contribution >= 4 is 23.0 Å². The van der Waals surface area contributed by atoms with E-state index < -0.39 is 0 Å². The second-order valence-corrected chi connectivity index (χ2v) is 7.26. The van der Waals surface area contributed by atoms with E-state index in [1.807, 2.05) is 26.0 Å². The number of hydrogen-bond donors (Lipinski definition) is 2. The van der Waals surface area contributed by atoms with Crippen molar-refractivity contribution in [1.29, 1.82) is 0 Å². The third-order valence-electron chi connectivity index (χ3n) is 5.10. The number of aliphatic hydroxyl groups excluding tert-OH is 1. The third kappa shape index (κ3) is 7.97. The van der Waals surface area contributed by atoms with Gasteiger partial charge in [0.05, 0.1) is 5.56 Å². The molecule has 3 heteroatoms. The maximum Gasteiger partial charge on any atom is 0.207 e. The molecule has 0 saturated carbocycles. The van der Waals surface area contributed by atoms with E-state index in [-0.39, 0.29) is 0 Å². The molecule has 0 bridgehead atoms. The highest BCUT2D eigenvalue weighted by atomic mass is 16.2. The van der Waals surface area contributed by atoms with Crippen molar-refractivity contribution in [1.82, 2.24) is 0 Å². The van der Waals surface area contributed by atoms with Gasteiger partial charge >= 0.3 is 0 Å². The zero-order chi connectivity index (χ0) is 23.8. The largest absolute Gasteiger partial charge is 0.400 e. The van der Waals surface area contributed by atoms with Gasteiger partial charge in [-0.2, -0.15) is 0 Å². The molecule has 3 rings (SSSR count). The summed E-state index contributed by atoms with van der Waals surface area (Å²) >= 11 is 0. The minimum Gasteiger partial charge on any atom is -0.400 e. The van der Waals surface area contributed by atoms with Crippen LogP contribution in [0.4, 0.5) is 5.69 Å². The monoisotopic (exact) mass is 433 g/mol. The molecule has 3 nitrogen and oxygen atoms in total. The SMILES string of the molecule is C/C=C\C.CCC[N+](CC)=C1C=C/C(=C/c2ccc(NCC)cc2)c2ccccc21.CO. The molecular formula is C29H41N2O+. The standard InChI is InChI=1S/C24H28N2.C4H8.CH4O/c1-4-17-26(6-3)24-16-13-20(22-9-7-8-10-23(22)24)18-19-11-14-21(15-12-19)25-5-2;1-3-4-2;1-2/h7-16,18H,4-6,17H2,1-3H3;3-4H,1-2H3;2H,1H3/p+1/b;4-3-;. The highest BCUT2D eigenvalue weighted by Gasteiger charge is 2.21. The minimum atomic E-state index is 0.945. The molecule has 0 amide bonds. The highest BCUT2D eigenvalue weighted by Crippen LogP contribution is 2.28. The molecule has 32 heavy (non-hydrogen) atoms. The van der Waals surface area contributed by atoms with Crippen molar-refractivity contribution < 1.29 is 9.68 Å². The molecule has 0 aromatic heterocycles. The summed E-state index contributed by atoms with van der Waals surface area (Å²) in [7, 11) is 1.00. The second-order valence-electron chi connectivity index (χ2n) is 7.26. The molecule has 0 atom stereocenters. The van der Waals surface area contributed by atoms with E-state index >= 15 is 0 Å². The summed E-state index contributed by atoms with van der Waals surface area (Å²) in [5, 5.41) is 10.3. The Labute approximate surface area is 195 Å². The topological polar surface area (TPSA) is 35.3 Å². The number of anilines is 1. The Morgan fingerprint density at radius 3 is 2.00 bits per heavy atom. The Hall–Kier alpha value is -2.91. The van der Waals surface area contributed by atoms with Gasteiger partial charge in [0.25, 0.3) is 0 Å². The van der Waals surface area contributed by atoms with Crippen LogP contribution in [-0.2, 0) is 0 Å². The lowest BCUT2D eigenvalue weighted by Crippen LogP contribution is -2.24. The third-order valence-corrected chi connectivity index (χ3v) is 5.10. The lowest BCUT2D eigenvalue weighted by atomic mass is 9.89. The van der Waals surface area contributed by atoms with Gasteiger partial charge in [0.2, 0.25) is 5.71 Å². The van der Waals surface area contributed by atoms with Crippen molar-refractivity contribution in [3.8, 4) is 0 Å². The van der Waals surface area contributed by atoms with Crippen LogP contribution < -0.4 is 5.32 Å². The zero-order valence-corrected chi connectivity index (χ0v) is 20.7. The van der Waals surface area contributed by atoms with Gasteiger partial charge in [-0.05, 0) is 74.7 Å². The maximum absolute atomic E-state index is 7.00. The van der Waals surface area contributed by atoms with E-state index in [1.54, 1.807) is 0 Å². The van der Waals surface area contributed by atoms with Gasteiger partial charge in [0, 0.05) is 31.8 Å². The molecule has 1 aliphatic carbocycles. The van der Waals surface area contributed by atoms with Crippen LogP contribution in [-0.4, -0.2) is 42.1 Å². The fourth-order valence-electron chi connectivity index (χ4n) is 3.51. The smallest absolute Gasteiger partial charge is 0.207 e. The van der Waals surface area contributed by atoms with Gasteiger partial charge in [-0.15, -0.1) is 0 Å². The molecule has 0 saturated heterocycles. The first-order valence-electron chi connectivity index (χ1n) is 11.7. The Morgan fingerprint density at radius 1 is 0.844 bits per heavy atom. The predicted molar refractivity (Wildman–Crippen MR) is 143 cm³/mol. The summed E-state index contributed by atoms with van der Waals surface area (Å²) in [6, 6.07) is 17.4. The van der Waals surface area contributed by atoms with Crippen LogP contribution in [0.1, 0.15) is 57.7 Å². The van der Waals surface area contributed by atoms with Crippen LogP contribution in [0.5, 0.6) is 0 Å². The van der Waals surface area contributed by atoms with Gasteiger partial charge in [0.1, 0.15) is 13.1 Å². The van der Waals surface area contributed by atoms with Gasteiger partial charge in [-0.3, -0.25) is 0 Å². The van der Waals surface area contributed by atoms with Gasteiger partial charge in [-0.1, -0.05) is 49.4 Å². The average molecular weight is 434 g/mol. The summed E-state index contributed by atoms with van der Waals surface area (Å²) in [4.78, 5) is 0. The quantitative estimate of drug-likeness (QED) is 0.395. The molecular weight excluding hydrogens is 392 g/mol. The fraction of sp³-hybridized carbons (Fsp3) is 0.345. The average Bonchev–Trinajstić information content (AvgIpc) is 2.86. The van der Waals surface area contributed by atoms with E-state index in [2.05, 4.69) is 97.4 Å². The first-order valence-corrected chi connectivity index (χ1v) is 11.7. The number of fused-ring (bicyclic) bond motifs is 1. The molecule has 172 valence electrons. The first kappa shape index (κ1) is 27.1. The van der Waals surface area contributed by atoms with E-state index in [0.717, 1.165) is 33.2 Å². The summed E-state index contributed by atoms with van der Waals surface area (Å²) < 4.78 is 2.47. The molecule has 1 aliphatic rings. The van der Waals surface area contributed by atoms with Gasteiger partial charge in [-0.25, -0.2) is 4.58 Å². The van der Waals surface area contributed by atoms with Crippen molar-refractivity contribution in [3.05, 3.63) is 89.5 Å². The van der Waals surface area contributed by atoms with Crippen molar-refractivity contribution in [2.24, 2.45) is 0 Å². The summed E-state index contributed by atoms with van der Waals surface area (Å²) in [6.07, 6.45) is 12.0. The molecule has 2 aromatic carbocycles. The number of hydrogen-bond acceptors (Lipinski definition) is 2. The number of aliphatic hydroxyl groups is 1. The Balaban J connectivity index is 0.000000769. The van der Waals surface area contributed by atoms with E-state index in [1.165, 1.54) is 33.7 Å². The number of allylic oxidation sites excluding steroid dienone is 5. The summed E-state index contributed by atoms with van der Waals surface area (Å²) in [5.41, 5.74) is 7.65. The molecule has 0 heterocycles. The van der Waals surface area contributed by atoms with E-state index in [0.29, 0.717) is 0 Å². The van der Waals surface area contributed by atoms with Crippen LogP contribution in [0.15, 0.2) is 72.8 Å².